The molecule has 2 N–H and O–H groups in total. The van der Waals surface area contributed by atoms with Crippen molar-refractivity contribution < 1.29 is 22.7 Å². The number of rotatable bonds is 4. The number of H-pyrrole nitrogens is 2. The number of aromatic nitrogens is 3. The zero-order chi connectivity index (χ0) is 23.5. The number of hydrogen-bond donors (Lipinski definition) is 2. The van der Waals surface area contributed by atoms with E-state index in [2.05, 4.69) is 19.9 Å². The van der Waals surface area contributed by atoms with E-state index in [1.165, 1.54) is 30.5 Å². The molecule has 0 atom stereocenters. The smallest absolute Gasteiger partial charge is 0.371 e. The van der Waals surface area contributed by atoms with Crippen molar-refractivity contribution in [1.82, 2.24) is 15.0 Å². The maximum atomic E-state index is 13.3. The number of anilines is 1. The van der Waals surface area contributed by atoms with Crippen LogP contribution in [-0.4, -0.2) is 46.0 Å². The van der Waals surface area contributed by atoms with E-state index in [4.69, 9.17) is 4.74 Å². The van der Waals surface area contributed by atoms with Crippen molar-refractivity contribution in [3.8, 4) is 11.5 Å². The highest BCUT2D eigenvalue weighted by Gasteiger charge is 2.47. The van der Waals surface area contributed by atoms with E-state index in [-0.39, 0.29) is 16.7 Å². The molecule has 2 aromatic heterocycles. The number of imidazole rings is 1. The third-order valence-corrected chi connectivity index (χ3v) is 6.56. The number of nitrogens with zero attached hydrogens (tertiary/aromatic N) is 2. The van der Waals surface area contributed by atoms with Gasteiger partial charge in [-0.3, -0.25) is 4.79 Å². The summed E-state index contributed by atoms with van der Waals surface area (Å²) in [7, 11) is 0. The number of aromatic amines is 2. The van der Waals surface area contributed by atoms with Gasteiger partial charge >= 0.3 is 6.18 Å². The van der Waals surface area contributed by atoms with Crippen LogP contribution in [0.25, 0.3) is 22.6 Å². The lowest BCUT2D eigenvalue weighted by Crippen LogP contribution is -2.43. The Morgan fingerprint density at radius 1 is 1.12 bits per heavy atom. The molecular weight excluding hydrogens is 445 g/mol. The molecule has 1 spiro atoms. The Morgan fingerprint density at radius 3 is 2.74 bits per heavy atom. The van der Waals surface area contributed by atoms with Crippen LogP contribution in [0.5, 0.6) is 0 Å². The molecule has 0 radical (unpaired) electrons. The first-order valence-corrected chi connectivity index (χ1v) is 11.1. The minimum atomic E-state index is -4.61. The molecule has 3 heterocycles. The van der Waals surface area contributed by atoms with E-state index < -0.39 is 17.5 Å². The number of nitrogens with one attached hydrogen (secondary N) is 2. The van der Waals surface area contributed by atoms with Gasteiger partial charge in [-0.05, 0) is 43.2 Å². The second-order valence-corrected chi connectivity index (χ2v) is 8.91. The van der Waals surface area contributed by atoms with Gasteiger partial charge in [-0.1, -0.05) is 18.2 Å². The lowest BCUT2D eigenvalue weighted by atomic mass is 9.99. The predicted octanol–water partition coefficient (Wildman–Crippen LogP) is 5.18. The first-order valence-electron chi connectivity index (χ1n) is 11.1. The Kier molecular flexibility index (Phi) is 4.60. The van der Waals surface area contributed by atoms with Crippen LogP contribution in [0.3, 0.4) is 0 Å². The highest BCUT2D eigenvalue weighted by molar-refractivity contribution is 6.10. The van der Waals surface area contributed by atoms with Crippen molar-refractivity contribution in [2.24, 2.45) is 0 Å². The molecule has 9 heteroatoms. The highest BCUT2D eigenvalue weighted by atomic mass is 19.4. The van der Waals surface area contributed by atoms with Crippen LogP contribution in [0, 0.1) is 0 Å². The first-order chi connectivity index (χ1) is 16.3. The van der Waals surface area contributed by atoms with Crippen LogP contribution in [0.4, 0.5) is 18.9 Å². The number of halogens is 3. The molecule has 2 aromatic carbocycles. The van der Waals surface area contributed by atoms with Crippen LogP contribution >= 0.6 is 0 Å². The number of alkyl halides is 3. The SMILES string of the molecule is O=C(c1c[nH]c(-c2nc3ccc(N4CCOC5(CC5)C4)cc3[nH]2)c1)c1ccccc1C(F)(F)F. The number of fused-ring (bicyclic) bond motifs is 1. The topological polar surface area (TPSA) is 74.0 Å². The van der Waals surface area contributed by atoms with Crippen molar-refractivity contribution in [2.45, 2.75) is 24.6 Å². The predicted molar refractivity (Wildman–Crippen MR) is 121 cm³/mol. The summed E-state index contributed by atoms with van der Waals surface area (Å²) in [5.41, 5.74) is 2.04. The van der Waals surface area contributed by atoms with Gasteiger partial charge in [0.1, 0.15) is 0 Å². The summed E-state index contributed by atoms with van der Waals surface area (Å²) in [4.78, 5) is 26.0. The first kappa shape index (κ1) is 21.0. The van der Waals surface area contributed by atoms with E-state index >= 15 is 0 Å². The molecule has 34 heavy (non-hydrogen) atoms. The molecule has 1 saturated carbocycles. The van der Waals surface area contributed by atoms with Gasteiger partial charge in [0.05, 0.1) is 34.5 Å². The van der Waals surface area contributed by atoms with Crippen LogP contribution in [-0.2, 0) is 10.9 Å². The second-order valence-electron chi connectivity index (χ2n) is 8.91. The van der Waals surface area contributed by atoms with Crippen LogP contribution < -0.4 is 4.90 Å². The Labute approximate surface area is 192 Å². The molecule has 1 aliphatic heterocycles. The van der Waals surface area contributed by atoms with Gasteiger partial charge in [0.25, 0.3) is 0 Å². The fourth-order valence-electron chi connectivity index (χ4n) is 4.57. The number of carbonyl (C=O) groups is 1. The number of morpholine rings is 1. The fourth-order valence-corrected chi connectivity index (χ4v) is 4.57. The van der Waals surface area contributed by atoms with Crippen LogP contribution in [0.15, 0.2) is 54.7 Å². The van der Waals surface area contributed by atoms with E-state index in [1.807, 2.05) is 18.2 Å². The standard InChI is InChI=1S/C25H21F3N4O2/c26-25(27,28)18-4-2-1-3-17(18)22(33)15-11-21(29-13-15)23-30-19-6-5-16(12-20(19)31-23)32-9-10-34-24(14-32)7-8-24/h1-6,11-13,29H,7-10,14H2,(H,30,31). The third kappa shape index (κ3) is 3.66. The molecule has 0 bridgehead atoms. The van der Waals surface area contributed by atoms with Gasteiger partial charge in [0, 0.05) is 36.1 Å². The summed E-state index contributed by atoms with van der Waals surface area (Å²) in [5, 5.41) is 0. The van der Waals surface area contributed by atoms with Crippen molar-refractivity contribution in [1.29, 1.82) is 0 Å². The van der Waals surface area contributed by atoms with Crippen molar-refractivity contribution >= 4 is 22.5 Å². The molecule has 0 unspecified atom stereocenters. The number of carbonyl (C=O) groups excluding carboxylic acids is 1. The minimum Gasteiger partial charge on any atom is -0.371 e. The van der Waals surface area contributed by atoms with E-state index in [0.29, 0.717) is 18.1 Å². The highest BCUT2D eigenvalue weighted by Crippen LogP contribution is 2.43. The summed E-state index contributed by atoms with van der Waals surface area (Å²) < 4.78 is 45.9. The summed E-state index contributed by atoms with van der Waals surface area (Å²) in [6.07, 6.45) is -1.00. The fraction of sp³-hybridized carbons (Fsp3) is 0.280. The van der Waals surface area contributed by atoms with Crippen LogP contribution in [0.2, 0.25) is 0 Å². The van der Waals surface area contributed by atoms with Gasteiger partial charge < -0.3 is 19.6 Å². The maximum absolute atomic E-state index is 13.3. The second kappa shape index (κ2) is 7.46. The molecule has 1 saturated heterocycles. The molecule has 2 aliphatic rings. The van der Waals surface area contributed by atoms with Gasteiger partial charge in [0.15, 0.2) is 11.6 Å². The summed E-state index contributed by atoms with van der Waals surface area (Å²) in [6, 6.07) is 12.3. The number of benzene rings is 2. The summed E-state index contributed by atoms with van der Waals surface area (Å²) in [6.45, 7) is 2.42. The largest absolute Gasteiger partial charge is 0.417 e. The third-order valence-electron chi connectivity index (χ3n) is 6.56. The number of ether oxygens (including phenoxy) is 1. The van der Waals surface area contributed by atoms with Crippen LogP contribution in [0.1, 0.15) is 34.3 Å². The van der Waals surface area contributed by atoms with Crippen molar-refractivity contribution in [3.05, 3.63) is 71.4 Å². The maximum Gasteiger partial charge on any atom is 0.417 e. The minimum absolute atomic E-state index is 0.0181. The van der Waals surface area contributed by atoms with Gasteiger partial charge in [-0.2, -0.15) is 13.2 Å². The van der Waals surface area contributed by atoms with Gasteiger partial charge in [-0.15, -0.1) is 0 Å². The Balaban J connectivity index is 1.28. The van der Waals surface area contributed by atoms with E-state index in [1.54, 1.807) is 0 Å². The molecule has 2 fully saturated rings. The summed E-state index contributed by atoms with van der Waals surface area (Å²) >= 11 is 0. The molecule has 6 rings (SSSR count). The normalized spacial score (nSPS) is 17.4. The molecule has 4 aromatic rings. The molecule has 1 aliphatic carbocycles. The molecule has 174 valence electrons. The van der Waals surface area contributed by atoms with E-state index in [9.17, 15) is 18.0 Å². The molecule has 6 nitrogen and oxygen atoms in total. The zero-order valence-corrected chi connectivity index (χ0v) is 18.1. The Hall–Kier alpha value is -3.59. The average molecular weight is 466 g/mol. The van der Waals surface area contributed by atoms with E-state index in [0.717, 1.165) is 48.7 Å². The molecule has 0 amide bonds. The zero-order valence-electron chi connectivity index (χ0n) is 18.1. The van der Waals surface area contributed by atoms with Crippen molar-refractivity contribution in [2.75, 3.05) is 24.6 Å². The number of hydrogen-bond acceptors (Lipinski definition) is 4. The lowest BCUT2D eigenvalue weighted by Gasteiger charge is -2.34. The number of ketones is 1. The van der Waals surface area contributed by atoms with Gasteiger partial charge in [0.2, 0.25) is 0 Å². The Bertz CT molecular complexity index is 1400. The monoisotopic (exact) mass is 466 g/mol. The Morgan fingerprint density at radius 2 is 1.94 bits per heavy atom. The quantitative estimate of drug-likeness (QED) is 0.407. The molecular formula is C25H21F3N4O2. The van der Waals surface area contributed by atoms with Gasteiger partial charge in [-0.25, -0.2) is 4.98 Å². The summed E-state index contributed by atoms with van der Waals surface area (Å²) in [5.74, 6) is -0.189. The average Bonchev–Trinajstić information content (AvgIpc) is 3.24. The van der Waals surface area contributed by atoms with Crippen molar-refractivity contribution in [3.63, 3.8) is 0 Å². The lowest BCUT2D eigenvalue weighted by molar-refractivity contribution is -0.137.